The van der Waals surface area contributed by atoms with Gasteiger partial charge in [-0.3, -0.25) is 4.48 Å². The number of benzene rings is 1. The van der Waals surface area contributed by atoms with Crippen LogP contribution in [0.25, 0.3) is 0 Å². The Morgan fingerprint density at radius 2 is 1.62 bits per heavy atom. The molecule has 0 aliphatic heterocycles. The van der Waals surface area contributed by atoms with E-state index in [9.17, 15) is 4.79 Å². The first-order valence-electron chi connectivity index (χ1n) is 5.21. The Labute approximate surface area is 97.1 Å². The number of urea groups is 1. The summed E-state index contributed by atoms with van der Waals surface area (Å²) in [4.78, 5) is 12.9. The van der Waals surface area contributed by atoms with Gasteiger partial charge in [-0.15, -0.1) is 0 Å². The minimum Gasteiger partial charge on any atom is -0.331 e. The van der Waals surface area contributed by atoms with E-state index in [0.29, 0.717) is 0 Å². The predicted molar refractivity (Wildman–Crippen MR) is 68.7 cm³/mol. The van der Waals surface area contributed by atoms with Gasteiger partial charge in [0.25, 0.3) is 0 Å². The van der Waals surface area contributed by atoms with E-state index in [4.69, 9.17) is 0 Å². The molecule has 0 saturated heterocycles. The zero-order chi connectivity index (χ0) is 12.3. The van der Waals surface area contributed by atoms with Gasteiger partial charge in [0.05, 0.1) is 21.1 Å². The average Bonchev–Trinajstić information content (AvgIpc) is 2.17. The molecule has 2 amide bonds. The summed E-state index contributed by atoms with van der Waals surface area (Å²) in [5, 5.41) is 2.80. The van der Waals surface area contributed by atoms with Crippen LogP contribution in [0.3, 0.4) is 0 Å². The van der Waals surface area contributed by atoms with Crippen molar-refractivity contribution in [2.45, 2.75) is 0 Å². The van der Waals surface area contributed by atoms with Gasteiger partial charge in [0.2, 0.25) is 0 Å². The monoisotopic (exact) mass is 222 g/mol. The number of carbonyl (C=O) groups is 1. The van der Waals surface area contributed by atoms with Gasteiger partial charge >= 0.3 is 6.03 Å². The summed E-state index contributed by atoms with van der Waals surface area (Å²) in [6, 6.07) is 7.76. The van der Waals surface area contributed by atoms with Crippen LogP contribution in [0.4, 0.5) is 16.2 Å². The molecule has 1 aromatic rings. The van der Waals surface area contributed by atoms with E-state index >= 15 is 0 Å². The smallest absolute Gasteiger partial charge is 0.321 e. The predicted octanol–water partition coefficient (Wildman–Crippen LogP) is 1.98. The Bertz CT molecular complexity index is 363. The van der Waals surface area contributed by atoms with Crippen molar-refractivity contribution >= 4 is 17.4 Å². The Morgan fingerprint density at radius 1 is 1.12 bits per heavy atom. The van der Waals surface area contributed by atoms with Crippen molar-refractivity contribution in [3.05, 3.63) is 24.3 Å². The van der Waals surface area contributed by atoms with Crippen molar-refractivity contribution in [2.24, 2.45) is 0 Å². The van der Waals surface area contributed by atoms with Crippen LogP contribution >= 0.6 is 0 Å². The normalized spacial score (nSPS) is 11.1. The number of carbonyl (C=O) groups excluding carboxylic acids is 1. The number of nitrogens with one attached hydrogen (secondary N) is 1. The highest BCUT2D eigenvalue weighted by molar-refractivity contribution is 5.89. The summed E-state index contributed by atoms with van der Waals surface area (Å²) in [7, 11) is 9.75. The largest absolute Gasteiger partial charge is 0.331 e. The van der Waals surface area contributed by atoms with Gasteiger partial charge in [-0.25, -0.2) is 4.79 Å². The van der Waals surface area contributed by atoms with Gasteiger partial charge in [0, 0.05) is 31.9 Å². The van der Waals surface area contributed by atoms with Crippen LogP contribution in [-0.4, -0.2) is 46.2 Å². The highest BCUT2D eigenvalue weighted by Crippen LogP contribution is 2.19. The second-order valence-electron chi connectivity index (χ2n) is 4.88. The van der Waals surface area contributed by atoms with Gasteiger partial charge < -0.3 is 10.2 Å². The molecule has 4 heteroatoms. The quantitative estimate of drug-likeness (QED) is 0.762. The van der Waals surface area contributed by atoms with E-state index in [0.717, 1.165) is 10.2 Å². The molecule has 0 fully saturated rings. The van der Waals surface area contributed by atoms with Crippen molar-refractivity contribution in [2.75, 3.05) is 40.6 Å². The minimum atomic E-state index is -0.113. The summed E-state index contributed by atoms with van der Waals surface area (Å²) in [5.74, 6) is 0. The number of hydrogen-bond acceptors (Lipinski definition) is 1. The molecular formula is C12H20N3O+. The van der Waals surface area contributed by atoms with Gasteiger partial charge in [-0.2, -0.15) is 0 Å². The average molecular weight is 222 g/mol. The number of rotatable bonds is 2. The molecule has 1 aromatic carbocycles. The summed E-state index contributed by atoms with van der Waals surface area (Å²) < 4.78 is 0.766. The molecule has 0 atom stereocenters. The van der Waals surface area contributed by atoms with Gasteiger partial charge in [0.1, 0.15) is 5.69 Å². The standard InChI is InChI=1S/C12H19N3O/c1-14(2)12(16)13-10-6-8-11(9-7-10)15(3,4)5/h6-9H,1-5H3/p+1. The van der Waals surface area contributed by atoms with Crippen molar-refractivity contribution in [3.63, 3.8) is 0 Å². The third-order valence-electron chi connectivity index (χ3n) is 2.30. The van der Waals surface area contributed by atoms with Crippen LogP contribution in [0, 0.1) is 0 Å². The number of hydrogen-bond donors (Lipinski definition) is 1. The van der Waals surface area contributed by atoms with E-state index in [2.05, 4.69) is 26.5 Å². The molecule has 16 heavy (non-hydrogen) atoms. The highest BCUT2D eigenvalue weighted by atomic mass is 16.2. The fraction of sp³-hybridized carbons (Fsp3) is 0.417. The molecular weight excluding hydrogens is 202 g/mol. The first-order valence-corrected chi connectivity index (χ1v) is 5.21. The minimum absolute atomic E-state index is 0.113. The second-order valence-corrected chi connectivity index (χ2v) is 4.88. The molecule has 0 radical (unpaired) electrons. The van der Waals surface area contributed by atoms with E-state index in [-0.39, 0.29) is 6.03 Å². The fourth-order valence-corrected chi connectivity index (χ4v) is 1.23. The number of amides is 2. The molecule has 0 heterocycles. The van der Waals surface area contributed by atoms with Crippen molar-refractivity contribution in [1.29, 1.82) is 0 Å². The summed E-state index contributed by atoms with van der Waals surface area (Å²) in [5.41, 5.74) is 2.01. The molecule has 4 nitrogen and oxygen atoms in total. The maximum atomic E-state index is 11.4. The number of nitrogens with zero attached hydrogens (tertiary/aromatic N) is 2. The van der Waals surface area contributed by atoms with E-state index < -0.39 is 0 Å². The number of anilines is 1. The highest BCUT2D eigenvalue weighted by Gasteiger charge is 2.11. The van der Waals surface area contributed by atoms with Crippen LogP contribution in [0.5, 0.6) is 0 Å². The molecule has 0 saturated carbocycles. The molecule has 0 unspecified atom stereocenters. The van der Waals surface area contributed by atoms with Crippen molar-refractivity contribution in [1.82, 2.24) is 9.38 Å². The van der Waals surface area contributed by atoms with Gasteiger partial charge in [0.15, 0.2) is 0 Å². The Kier molecular flexibility index (Phi) is 3.55. The molecule has 0 aliphatic carbocycles. The lowest BCUT2D eigenvalue weighted by atomic mass is 10.2. The SMILES string of the molecule is CN(C)C(=O)Nc1ccc([N+](C)(C)C)cc1. The van der Waals surface area contributed by atoms with E-state index in [1.165, 1.54) is 10.6 Å². The molecule has 1 N–H and O–H groups in total. The fourth-order valence-electron chi connectivity index (χ4n) is 1.23. The lowest BCUT2D eigenvalue weighted by Gasteiger charge is -2.23. The van der Waals surface area contributed by atoms with Crippen LogP contribution in [0.15, 0.2) is 24.3 Å². The zero-order valence-electron chi connectivity index (χ0n) is 10.6. The van der Waals surface area contributed by atoms with Crippen molar-refractivity contribution in [3.8, 4) is 0 Å². The summed E-state index contributed by atoms with van der Waals surface area (Å²) in [6.07, 6.45) is 0. The third-order valence-corrected chi connectivity index (χ3v) is 2.30. The molecule has 0 aromatic heterocycles. The number of quaternary nitrogens is 1. The topological polar surface area (TPSA) is 32.3 Å². The Morgan fingerprint density at radius 3 is 2.00 bits per heavy atom. The third kappa shape index (κ3) is 3.24. The first kappa shape index (κ1) is 12.5. The second kappa shape index (κ2) is 4.53. The van der Waals surface area contributed by atoms with E-state index in [1.54, 1.807) is 14.1 Å². The maximum Gasteiger partial charge on any atom is 0.321 e. The molecule has 1 rings (SSSR count). The van der Waals surface area contributed by atoms with Gasteiger partial charge in [-0.1, -0.05) is 0 Å². The molecule has 88 valence electrons. The summed E-state index contributed by atoms with van der Waals surface area (Å²) >= 11 is 0. The summed E-state index contributed by atoms with van der Waals surface area (Å²) in [6.45, 7) is 0. The Balaban J connectivity index is 2.76. The van der Waals surface area contributed by atoms with Gasteiger partial charge in [-0.05, 0) is 12.1 Å². The van der Waals surface area contributed by atoms with Crippen LogP contribution in [-0.2, 0) is 0 Å². The lowest BCUT2D eigenvalue weighted by Crippen LogP contribution is -2.34. The maximum absolute atomic E-state index is 11.4. The first-order chi connectivity index (χ1) is 7.30. The van der Waals surface area contributed by atoms with Crippen molar-refractivity contribution < 1.29 is 4.79 Å². The molecule has 0 spiro atoms. The van der Waals surface area contributed by atoms with Crippen LogP contribution in [0.2, 0.25) is 0 Å². The van der Waals surface area contributed by atoms with E-state index in [1.807, 2.05) is 24.3 Å². The Hall–Kier alpha value is -1.55. The zero-order valence-corrected chi connectivity index (χ0v) is 10.6. The molecule has 0 aliphatic rings. The lowest BCUT2D eigenvalue weighted by molar-refractivity contribution is 0.230. The van der Waals surface area contributed by atoms with Crippen LogP contribution < -0.4 is 9.80 Å². The molecule has 0 bridgehead atoms. The van der Waals surface area contributed by atoms with Crippen LogP contribution in [0.1, 0.15) is 0 Å².